The van der Waals surface area contributed by atoms with Crippen molar-refractivity contribution in [2.75, 3.05) is 19.0 Å². The summed E-state index contributed by atoms with van der Waals surface area (Å²) < 4.78 is 7.02. The number of para-hydroxylation sites is 1. The molecule has 0 radical (unpaired) electrons. The number of aryl methyl sites for hydroxylation is 1. The zero-order chi connectivity index (χ0) is 26.3. The van der Waals surface area contributed by atoms with Gasteiger partial charge in [-0.25, -0.2) is 9.48 Å². The fourth-order valence-electron chi connectivity index (χ4n) is 4.66. The maximum atomic E-state index is 13.4. The first-order valence-corrected chi connectivity index (χ1v) is 11.8. The summed E-state index contributed by atoms with van der Waals surface area (Å²) >= 11 is 0. The Morgan fingerprint density at radius 1 is 1.03 bits per heavy atom. The van der Waals surface area contributed by atoms with Gasteiger partial charge >= 0.3 is 6.03 Å². The summed E-state index contributed by atoms with van der Waals surface area (Å²) in [5, 5.41) is 12.0. The number of hydrogen-bond donors (Lipinski definition) is 2. The summed E-state index contributed by atoms with van der Waals surface area (Å²) in [6, 6.07) is 20.1. The van der Waals surface area contributed by atoms with Gasteiger partial charge in [-0.05, 0) is 67.4 Å². The van der Waals surface area contributed by atoms with Crippen LogP contribution in [0.5, 0.6) is 5.75 Å². The first-order chi connectivity index (χ1) is 17.7. The van der Waals surface area contributed by atoms with Gasteiger partial charge in [-0.15, -0.1) is 0 Å². The Balaban J connectivity index is 1.35. The number of imide groups is 1. The van der Waals surface area contributed by atoms with E-state index in [2.05, 4.69) is 15.7 Å². The number of nitrogens with zero attached hydrogens (tertiary/aromatic N) is 3. The third-order valence-electron chi connectivity index (χ3n) is 6.76. The summed E-state index contributed by atoms with van der Waals surface area (Å²) in [7, 11) is 1.60. The van der Waals surface area contributed by atoms with Crippen LogP contribution >= 0.6 is 0 Å². The minimum Gasteiger partial charge on any atom is -0.497 e. The maximum absolute atomic E-state index is 13.4. The van der Waals surface area contributed by atoms with Crippen LogP contribution in [0.3, 0.4) is 0 Å². The summed E-state index contributed by atoms with van der Waals surface area (Å²) in [5.74, 6) is -0.250. The number of rotatable bonds is 6. The lowest BCUT2D eigenvalue weighted by Crippen LogP contribution is -2.42. The number of aromatic nitrogens is 2. The van der Waals surface area contributed by atoms with E-state index < -0.39 is 29.9 Å². The van der Waals surface area contributed by atoms with Crippen LogP contribution in [0.4, 0.5) is 10.5 Å². The van der Waals surface area contributed by atoms with Crippen LogP contribution in [-0.2, 0) is 15.1 Å². The van der Waals surface area contributed by atoms with Gasteiger partial charge < -0.3 is 15.4 Å². The number of carbonyl (C=O) groups excluding carboxylic acids is 3. The summed E-state index contributed by atoms with van der Waals surface area (Å²) in [6.45, 7) is 4.87. The van der Waals surface area contributed by atoms with E-state index >= 15 is 0 Å². The van der Waals surface area contributed by atoms with Crippen molar-refractivity contribution in [3.8, 4) is 11.4 Å². The number of anilines is 1. The lowest BCUT2D eigenvalue weighted by atomic mass is 9.90. The Morgan fingerprint density at radius 3 is 2.46 bits per heavy atom. The average molecular weight is 498 g/mol. The van der Waals surface area contributed by atoms with Gasteiger partial charge in [0.2, 0.25) is 5.91 Å². The van der Waals surface area contributed by atoms with Gasteiger partial charge in [-0.2, -0.15) is 5.10 Å². The number of carbonyl (C=O) groups is 3. The van der Waals surface area contributed by atoms with E-state index in [1.165, 1.54) is 0 Å². The van der Waals surface area contributed by atoms with E-state index in [4.69, 9.17) is 4.74 Å². The number of hydrogen-bond acceptors (Lipinski definition) is 5. The molecule has 37 heavy (non-hydrogen) atoms. The highest BCUT2D eigenvalue weighted by Gasteiger charge is 2.49. The van der Waals surface area contributed by atoms with Gasteiger partial charge in [0, 0.05) is 0 Å². The molecule has 0 aliphatic carbocycles. The van der Waals surface area contributed by atoms with Crippen molar-refractivity contribution in [2.24, 2.45) is 0 Å². The van der Waals surface area contributed by atoms with Crippen LogP contribution in [0.1, 0.15) is 23.9 Å². The quantitative estimate of drug-likeness (QED) is 0.391. The summed E-state index contributed by atoms with van der Waals surface area (Å²) in [4.78, 5) is 40.1. The number of methoxy groups -OCH3 is 1. The van der Waals surface area contributed by atoms with Crippen molar-refractivity contribution in [1.29, 1.82) is 0 Å². The zero-order valence-corrected chi connectivity index (χ0v) is 21.0. The summed E-state index contributed by atoms with van der Waals surface area (Å²) in [6.07, 6.45) is 0. The molecule has 1 saturated heterocycles. The largest absolute Gasteiger partial charge is 0.497 e. The van der Waals surface area contributed by atoms with Crippen molar-refractivity contribution in [1.82, 2.24) is 20.0 Å². The van der Waals surface area contributed by atoms with Crippen molar-refractivity contribution in [2.45, 2.75) is 26.3 Å². The van der Waals surface area contributed by atoms with Crippen LogP contribution in [0.15, 0.2) is 66.7 Å². The number of fused-ring (bicyclic) bond motifs is 1. The van der Waals surface area contributed by atoms with E-state index in [1.807, 2.05) is 67.6 Å². The van der Waals surface area contributed by atoms with Gasteiger partial charge in [0.15, 0.2) is 0 Å². The lowest BCUT2D eigenvalue weighted by Gasteiger charge is -2.22. The van der Waals surface area contributed by atoms with Crippen LogP contribution < -0.4 is 15.4 Å². The van der Waals surface area contributed by atoms with Crippen LogP contribution in [0, 0.1) is 13.8 Å². The molecule has 9 nitrogen and oxygen atoms in total. The highest BCUT2D eigenvalue weighted by molar-refractivity contribution is 6.10. The topological polar surface area (TPSA) is 106 Å². The first kappa shape index (κ1) is 24.1. The minimum atomic E-state index is -1.30. The molecule has 5 rings (SSSR count). The Hall–Kier alpha value is -4.66. The number of ether oxygens (including phenoxy) is 1. The van der Waals surface area contributed by atoms with E-state index in [0.29, 0.717) is 16.9 Å². The molecule has 0 unspecified atom stereocenters. The van der Waals surface area contributed by atoms with Crippen molar-refractivity contribution in [3.05, 3.63) is 83.7 Å². The lowest BCUT2D eigenvalue weighted by molar-refractivity contribution is -0.133. The standard InChI is InChI=1S/C28H27N5O4/c1-17-25(18(2)33(31-17)22-8-6-5-7-9-22)29-24(34)16-32-26(35)28(3,30-27(32)36)21-12-10-20-15-23(37-4)13-11-19(20)14-21/h5-15H,16H2,1-4H3,(H,29,34)(H,30,36)/t28-/m1/s1. The molecular formula is C28H27N5O4. The molecule has 1 aliphatic rings. The molecule has 1 atom stereocenters. The highest BCUT2D eigenvalue weighted by Crippen LogP contribution is 2.32. The highest BCUT2D eigenvalue weighted by atomic mass is 16.5. The van der Waals surface area contributed by atoms with Crippen molar-refractivity contribution in [3.63, 3.8) is 0 Å². The van der Waals surface area contributed by atoms with Crippen molar-refractivity contribution < 1.29 is 19.1 Å². The maximum Gasteiger partial charge on any atom is 0.325 e. The second-order valence-electron chi connectivity index (χ2n) is 9.22. The molecule has 1 fully saturated rings. The van der Waals surface area contributed by atoms with Crippen LogP contribution in [-0.4, -0.2) is 46.2 Å². The molecule has 4 aromatic rings. The molecule has 3 aromatic carbocycles. The molecule has 0 saturated carbocycles. The smallest absolute Gasteiger partial charge is 0.325 e. The SMILES string of the molecule is COc1ccc2cc([C@@]3(C)NC(=O)N(CC(=O)Nc4c(C)nn(-c5ccccc5)c4C)C3=O)ccc2c1. The van der Waals surface area contributed by atoms with Gasteiger partial charge in [-0.3, -0.25) is 14.5 Å². The van der Waals surface area contributed by atoms with E-state index in [9.17, 15) is 14.4 Å². The van der Waals surface area contributed by atoms with Crippen molar-refractivity contribution >= 4 is 34.3 Å². The normalized spacial score (nSPS) is 17.2. The number of amides is 4. The third-order valence-corrected chi connectivity index (χ3v) is 6.76. The molecule has 9 heteroatoms. The molecular weight excluding hydrogens is 470 g/mol. The van der Waals surface area contributed by atoms with E-state index in [1.54, 1.807) is 31.7 Å². The zero-order valence-electron chi connectivity index (χ0n) is 21.0. The van der Waals surface area contributed by atoms with E-state index in [0.717, 1.165) is 32.8 Å². The second-order valence-corrected chi connectivity index (χ2v) is 9.22. The molecule has 4 amide bonds. The van der Waals surface area contributed by atoms with Gasteiger partial charge in [0.05, 0.1) is 29.9 Å². The van der Waals surface area contributed by atoms with Gasteiger partial charge in [0.1, 0.15) is 17.8 Å². The predicted octanol–water partition coefficient (Wildman–Crippen LogP) is 4.06. The van der Waals surface area contributed by atoms with Crippen LogP contribution in [0.2, 0.25) is 0 Å². The Labute approximate surface area is 214 Å². The van der Waals surface area contributed by atoms with Gasteiger partial charge in [0.25, 0.3) is 5.91 Å². The van der Waals surface area contributed by atoms with E-state index in [-0.39, 0.29) is 0 Å². The molecule has 188 valence electrons. The Kier molecular flexibility index (Phi) is 5.91. The number of benzene rings is 3. The molecule has 0 bridgehead atoms. The second kappa shape index (κ2) is 9.09. The molecule has 1 aliphatic heterocycles. The number of nitrogens with one attached hydrogen (secondary N) is 2. The molecule has 2 N–H and O–H groups in total. The van der Waals surface area contributed by atoms with Gasteiger partial charge in [-0.1, -0.05) is 36.4 Å². The summed E-state index contributed by atoms with van der Waals surface area (Å²) in [5.41, 5.74) is 2.12. The Bertz CT molecular complexity index is 1550. The molecule has 0 spiro atoms. The first-order valence-electron chi connectivity index (χ1n) is 11.8. The molecule has 1 aromatic heterocycles. The Morgan fingerprint density at radius 2 is 1.73 bits per heavy atom. The minimum absolute atomic E-state index is 0.416. The molecule has 2 heterocycles. The van der Waals surface area contributed by atoms with Crippen LogP contribution in [0.25, 0.3) is 16.5 Å². The average Bonchev–Trinajstić information content (AvgIpc) is 3.30. The number of urea groups is 1. The monoisotopic (exact) mass is 497 g/mol. The third kappa shape index (κ3) is 4.18. The fourth-order valence-corrected chi connectivity index (χ4v) is 4.66. The fraction of sp³-hybridized carbons (Fsp3) is 0.214. The predicted molar refractivity (Wildman–Crippen MR) is 140 cm³/mol.